The molecule has 0 fully saturated rings. The summed E-state index contributed by atoms with van der Waals surface area (Å²) in [5.41, 5.74) is 0.702. The van der Waals surface area contributed by atoms with Crippen LogP contribution in [0, 0.1) is 0 Å². The van der Waals surface area contributed by atoms with E-state index in [1.807, 2.05) is 0 Å². The fourth-order valence-electron chi connectivity index (χ4n) is 2.05. The van der Waals surface area contributed by atoms with E-state index in [1.54, 1.807) is 42.3 Å². The van der Waals surface area contributed by atoms with Gasteiger partial charge in [-0.1, -0.05) is 6.07 Å². The molecular weight excluding hydrogens is 248 g/mol. The molecule has 1 aliphatic heterocycles. The lowest BCUT2D eigenvalue weighted by molar-refractivity contribution is 0.117. The number of ether oxygens (including phenoxy) is 3. The molecule has 100 valence electrons. The second-order valence-electron chi connectivity index (χ2n) is 4.19. The van der Waals surface area contributed by atoms with E-state index in [2.05, 4.69) is 4.98 Å². The molecule has 0 bridgehead atoms. The number of benzene rings is 1. The van der Waals surface area contributed by atoms with Gasteiger partial charge in [-0.3, -0.25) is 0 Å². The monoisotopic (exact) mass is 262 g/mol. The van der Waals surface area contributed by atoms with Crippen LogP contribution < -0.4 is 9.47 Å². The van der Waals surface area contributed by atoms with E-state index in [0.29, 0.717) is 29.6 Å². The van der Waals surface area contributed by atoms with E-state index in [9.17, 15) is 5.11 Å². The van der Waals surface area contributed by atoms with Gasteiger partial charge in [0.25, 0.3) is 0 Å². The third-order valence-corrected chi connectivity index (χ3v) is 2.97. The number of methoxy groups -OCH3 is 1. The van der Waals surface area contributed by atoms with Crippen molar-refractivity contribution in [3.8, 4) is 11.5 Å². The third kappa shape index (κ3) is 2.16. The predicted molar refractivity (Wildman–Crippen MR) is 65.9 cm³/mol. The molecule has 0 amide bonds. The van der Waals surface area contributed by atoms with Crippen molar-refractivity contribution in [3.05, 3.63) is 42.0 Å². The Labute approximate surface area is 110 Å². The van der Waals surface area contributed by atoms with Crippen LogP contribution in [0.1, 0.15) is 17.5 Å². The first-order valence-corrected chi connectivity index (χ1v) is 5.87. The number of imidazole rings is 1. The zero-order valence-electron chi connectivity index (χ0n) is 10.4. The van der Waals surface area contributed by atoms with Gasteiger partial charge in [0.1, 0.15) is 18.7 Å². The lowest BCUT2D eigenvalue weighted by Gasteiger charge is -2.13. The highest BCUT2D eigenvalue weighted by molar-refractivity contribution is 5.45. The van der Waals surface area contributed by atoms with Crippen LogP contribution in [0.5, 0.6) is 11.5 Å². The second-order valence-corrected chi connectivity index (χ2v) is 4.19. The van der Waals surface area contributed by atoms with E-state index in [0.717, 1.165) is 0 Å². The maximum Gasteiger partial charge on any atom is 0.231 e. The van der Waals surface area contributed by atoms with Crippen molar-refractivity contribution in [2.75, 3.05) is 13.9 Å². The van der Waals surface area contributed by atoms with Crippen LogP contribution >= 0.6 is 0 Å². The topological polar surface area (TPSA) is 65.7 Å². The maximum atomic E-state index is 10.4. The molecule has 1 N–H and O–H groups in total. The van der Waals surface area contributed by atoms with Gasteiger partial charge in [0, 0.05) is 19.5 Å². The summed E-state index contributed by atoms with van der Waals surface area (Å²) in [4.78, 5) is 4.17. The SMILES string of the molecule is COCn1ccnc1[C@H](O)c1ccc2c(c1)OCO2. The van der Waals surface area contributed by atoms with Crippen molar-refractivity contribution in [1.82, 2.24) is 9.55 Å². The lowest BCUT2D eigenvalue weighted by atomic mass is 10.1. The minimum Gasteiger partial charge on any atom is -0.454 e. The zero-order valence-corrected chi connectivity index (χ0v) is 10.4. The Morgan fingerprint density at radius 2 is 2.26 bits per heavy atom. The summed E-state index contributed by atoms with van der Waals surface area (Å²) in [5.74, 6) is 1.86. The Balaban J connectivity index is 1.90. The third-order valence-electron chi connectivity index (χ3n) is 2.97. The van der Waals surface area contributed by atoms with Crippen LogP contribution in [-0.2, 0) is 11.5 Å². The van der Waals surface area contributed by atoms with Crippen LogP contribution in [-0.4, -0.2) is 28.6 Å². The smallest absolute Gasteiger partial charge is 0.231 e. The molecule has 2 aromatic rings. The Bertz CT molecular complexity index is 582. The Morgan fingerprint density at radius 3 is 3.11 bits per heavy atom. The molecule has 6 heteroatoms. The van der Waals surface area contributed by atoms with E-state index in [-0.39, 0.29) is 6.79 Å². The summed E-state index contributed by atoms with van der Waals surface area (Å²) >= 11 is 0. The van der Waals surface area contributed by atoms with Crippen molar-refractivity contribution in [2.24, 2.45) is 0 Å². The average molecular weight is 262 g/mol. The number of aromatic nitrogens is 2. The summed E-state index contributed by atoms with van der Waals surface area (Å²) < 4.78 is 17.3. The van der Waals surface area contributed by atoms with Gasteiger partial charge in [-0.15, -0.1) is 0 Å². The average Bonchev–Trinajstić information content (AvgIpc) is 3.05. The number of hydrogen-bond acceptors (Lipinski definition) is 5. The van der Waals surface area contributed by atoms with Crippen LogP contribution in [0.4, 0.5) is 0 Å². The summed E-state index contributed by atoms with van der Waals surface area (Å²) in [6.07, 6.45) is 2.55. The van der Waals surface area contributed by atoms with Gasteiger partial charge >= 0.3 is 0 Å². The maximum absolute atomic E-state index is 10.4. The van der Waals surface area contributed by atoms with Crippen molar-refractivity contribution in [1.29, 1.82) is 0 Å². The van der Waals surface area contributed by atoms with Gasteiger partial charge in [-0.2, -0.15) is 0 Å². The fourth-order valence-corrected chi connectivity index (χ4v) is 2.05. The van der Waals surface area contributed by atoms with Gasteiger partial charge < -0.3 is 23.9 Å². The molecule has 2 heterocycles. The highest BCUT2D eigenvalue weighted by Gasteiger charge is 2.20. The van der Waals surface area contributed by atoms with E-state index < -0.39 is 6.10 Å². The standard InChI is InChI=1S/C13H14N2O4/c1-17-7-15-5-4-14-13(15)12(16)9-2-3-10-11(6-9)19-8-18-10/h2-6,12,16H,7-8H2,1H3/t12-/m1/s1. The van der Waals surface area contributed by atoms with Crippen LogP contribution in [0.2, 0.25) is 0 Å². The lowest BCUT2D eigenvalue weighted by Crippen LogP contribution is -2.10. The van der Waals surface area contributed by atoms with Gasteiger partial charge in [-0.05, 0) is 17.7 Å². The normalized spacial score (nSPS) is 14.6. The van der Waals surface area contributed by atoms with Crippen LogP contribution in [0.25, 0.3) is 0 Å². The first kappa shape index (κ1) is 12.0. The van der Waals surface area contributed by atoms with Gasteiger partial charge in [0.2, 0.25) is 6.79 Å². The number of fused-ring (bicyclic) bond motifs is 1. The Hall–Kier alpha value is -2.05. The number of aliphatic hydroxyl groups is 1. The summed E-state index contributed by atoms with van der Waals surface area (Å²) in [6.45, 7) is 0.560. The zero-order chi connectivity index (χ0) is 13.2. The molecule has 0 saturated carbocycles. The molecule has 0 radical (unpaired) electrons. The first-order valence-electron chi connectivity index (χ1n) is 5.87. The van der Waals surface area contributed by atoms with E-state index >= 15 is 0 Å². The molecule has 6 nitrogen and oxygen atoms in total. The highest BCUT2D eigenvalue weighted by atomic mass is 16.7. The molecule has 0 aliphatic carbocycles. The molecule has 0 spiro atoms. The first-order chi connectivity index (χ1) is 9.29. The summed E-state index contributed by atoms with van der Waals surface area (Å²) in [7, 11) is 1.59. The highest BCUT2D eigenvalue weighted by Crippen LogP contribution is 2.35. The molecule has 19 heavy (non-hydrogen) atoms. The van der Waals surface area contributed by atoms with Crippen LogP contribution in [0.15, 0.2) is 30.6 Å². The number of aliphatic hydroxyl groups excluding tert-OH is 1. The predicted octanol–water partition coefficient (Wildman–Crippen LogP) is 1.30. The van der Waals surface area contributed by atoms with Crippen molar-refractivity contribution < 1.29 is 19.3 Å². The van der Waals surface area contributed by atoms with Crippen molar-refractivity contribution >= 4 is 0 Å². The largest absolute Gasteiger partial charge is 0.454 e. The molecule has 0 saturated heterocycles. The molecule has 0 unspecified atom stereocenters. The Kier molecular flexibility index (Phi) is 3.10. The minimum absolute atomic E-state index is 0.215. The summed E-state index contributed by atoms with van der Waals surface area (Å²) in [5, 5.41) is 10.4. The molecule has 1 aromatic carbocycles. The quantitative estimate of drug-likeness (QED) is 0.899. The number of hydrogen-bond donors (Lipinski definition) is 1. The Morgan fingerprint density at radius 1 is 1.42 bits per heavy atom. The van der Waals surface area contributed by atoms with E-state index in [1.165, 1.54) is 0 Å². The number of rotatable bonds is 4. The molecule has 1 aromatic heterocycles. The van der Waals surface area contributed by atoms with Crippen LogP contribution in [0.3, 0.4) is 0 Å². The second kappa shape index (κ2) is 4.91. The van der Waals surface area contributed by atoms with Crippen molar-refractivity contribution in [2.45, 2.75) is 12.8 Å². The minimum atomic E-state index is -0.834. The van der Waals surface area contributed by atoms with Gasteiger partial charge in [0.15, 0.2) is 11.5 Å². The summed E-state index contributed by atoms with van der Waals surface area (Å²) in [6, 6.07) is 5.34. The fraction of sp³-hybridized carbons (Fsp3) is 0.308. The van der Waals surface area contributed by atoms with Gasteiger partial charge in [0.05, 0.1) is 0 Å². The number of nitrogens with zero attached hydrogens (tertiary/aromatic N) is 2. The van der Waals surface area contributed by atoms with Crippen molar-refractivity contribution in [3.63, 3.8) is 0 Å². The van der Waals surface area contributed by atoms with Gasteiger partial charge in [-0.25, -0.2) is 4.98 Å². The molecule has 1 atom stereocenters. The molecular formula is C13H14N2O4. The molecule has 1 aliphatic rings. The molecule has 3 rings (SSSR count). The van der Waals surface area contributed by atoms with E-state index in [4.69, 9.17) is 14.2 Å².